The highest BCUT2D eigenvalue weighted by molar-refractivity contribution is 5.94. The third kappa shape index (κ3) is 4.52. The summed E-state index contributed by atoms with van der Waals surface area (Å²) in [6.45, 7) is 0.414. The van der Waals surface area contributed by atoms with E-state index in [4.69, 9.17) is 9.15 Å². The van der Waals surface area contributed by atoms with Crippen molar-refractivity contribution in [3.8, 4) is 17.0 Å². The molecular formula is C26H20N4O3. The Bertz CT molecular complexity index is 1420. The van der Waals surface area contributed by atoms with E-state index in [0.717, 1.165) is 16.5 Å². The first-order chi connectivity index (χ1) is 16.3. The molecule has 2 aromatic heterocycles. The van der Waals surface area contributed by atoms with Crippen molar-refractivity contribution >= 4 is 22.9 Å². The van der Waals surface area contributed by atoms with Crippen molar-refractivity contribution < 1.29 is 13.9 Å². The molecule has 7 heteroatoms. The van der Waals surface area contributed by atoms with Crippen molar-refractivity contribution in [1.82, 2.24) is 15.6 Å². The number of carbonyl (C=O) groups excluding carboxylic acids is 1. The predicted molar refractivity (Wildman–Crippen MR) is 126 cm³/mol. The van der Waals surface area contributed by atoms with Crippen molar-refractivity contribution in [2.45, 2.75) is 6.61 Å². The Morgan fingerprint density at radius 2 is 1.88 bits per heavy atom. The molecule has 162 valence electrons. The van der Waals surface area contributed by atoms with Crippen LogP contribution in [0.25, 0.3) is 22.0 Å². The molecule has 0 spiro atoms. The van der Waals surface area contributed by atoms with Crippen LogP contribution in [0.15, 0.2) is 101 Å². The third-order valence-corrected chi connectivity index (χ3v) is 5.15. The van der Waals surface area contributed by atoms with Gasteiger partial charge in [-0.3, -0.25) is 9.89 Å². The van der Waals surface area contributed by atoms with Crippen LogP contribution in [0.1, 0.15) is 21.8 Å². The summed E-state index contributed by atoms with van der Waals surface area (Å²) in [5.41, 5.74) is 5.21. The summed E-state index contributed by atoms with van der Waals surface area (Å²) < 4.78 is 11.3. The number of aromatic amines is 1. The molecule has 0 aliphatic carbocycles. The largest absolute Gasteiger partial charge is 0.488 e. The molecule has 2 heterocycles. The van der Waals surface area contributed by atoms with E-state index in [1.54, 1.807) is 18.2 Å². The molecule has 3 aromatic carbocycles. The van der Waals surface area contributed by atoms with Crippen molar-refractivity contribution in [1.29, 1.82) is 0 Å². The lowest BCUT2D eigenvalue weighted by Crippen LogP contribution is -2.17. The third-order valence-electron chi connectivity index (χ3n) is 5.15. The maximum atomic E-state index is 12.4. The van der Waals surface area contributed by atoms with Gasteiger partial charge in [-0.1, -0.05) is 54.6 Å². The summed E-state index contributed by atoms with van der Waals surface area (Å²) >= 11 is 0. The van der Waals surface area contributed by atoms with Crippen LogP contribution >= 0.6 is 0 Å². The normalized spacial score (nSPS) is 11.2. The number of hydrogen-bond donors (Lipinski definition) is 2. The smallest absolute Gasteiger partial charge is 0.289 e. The number of rotatable bonds is 7. The lowest BCUT2D eigenvalue weighted by Gasteiger charge is -2.12. The van der Waals surface area contributed by atoms with Gasteiger partial charge in [0.1, 0.15) is 23.8 Å². The van der Waals surface area contributed by atoms with Gasteiger partial charge in [-0.2, -0.15) is 10.2 Å². The van der Waals surface area contributed by atoms with Gasteiger partial charge in [0.05, 0.1) is 18.2 Å². The van der Waals surface area contributed by atoms with Crippen molar-refractivity contribution in [3.63, 3.8) is 0 Å². The van der Waals surface area contributed by atoms with Crippen LogP contribution in [0.4, 0.5) is 0 Å². The number of H-pyrrole nitrogens is 1. The second-order valence-corrected chi connectivity index (χ2v) is 7.30. The topological polar surface area (TPSA) is 92.5 Å². The van der Waals surface area contributed by atoms with Crippen LogP contribution in [0.5, 0.6) is 5.75 Å². The van der Waals surface area contributed by atoms with Crippen LogP contribution in [0.2, 0.25) is 0 Å². The molecule has 0 fully saturated rings. The summed E-state index contributed by atoms with van der Waals surface area (Å²) in [7, 11) is 0. The Morgan fingerprint density at radius 1 is 1.03 bits per heavy atom. The zero-order valence-corrected chi connectivity index (χ0v) is 17.6. The summed E-state index contributed by atoms with van der Waals surface area (Å²) in [6, 6.07) is 27.1. The number of carbonyl (C=O) groups is 1. The second-order valence-electron chi connectivity index (χ2n) is 7.30. The molecule has 0 aliphatic rings. The van der Waals surface area contributed by atoms with Crippen LogP contribution in [0.3, 0.4) is 0 Å². The van der Waals surface area contributed by atoms with Gasteiger partial charge < -0.3 is 9.15 Å². The minimum Gasteiger partial charge on any atom is -0.488 e. The number of amides is 1. The highest BCUT2D eigenvalue weighted by atomic mass is 16.5. The Kier molecular flexibility index (Phi) is 5.67. The first kappa shape index (κ1) is 20.3. The summed E-state index contributed by atoms with van der Waals surface area (Å²) in [5.74, 6) is 0.809. The van der Waals surface area contributed by atoms with E-state index in [2.05, 4.69) is 45.0 Å². The molecule has 33 heavy (non-hydrogen) atoms. The zero-order valence-electron chi connectivity index (χ0n) is 17.6. The van der Waals surface area contributed by atoms with Gasteiger partial charge in [-0.05, 0) is 46.7 Å². The second kappa shape index (κ2) is 9.23. The monoisotopic (exact) mass is 436 g/mol. The Morgan fingerprint density at radius 3 is 2.79 bits per heavy atom. The number of aromatic nitrogens is 2. The van der Waals surface area contributed by atoms with Gasteiger partial charge in [0.2, 0.25) is 0 Å². The molecule has 7 nitrogen and oxygen atoms in total. The van der Waals surface area contributed by atoms with Gasteiger partial charge >= 0.3 is 0 Å². The molecular weight excluding hydrogens is 416 g/mol. The van der Waals surface area contributed by atoms with E-state index in [1.807, 2.05) is 42.5 Å². The average molecular weight is 436 g/mol. The number of hydrogen-bond acceptors (Lipinski definition) is 5. The van der Waals surface area contributed by atoms with Crippen molar-refractivity contribution in [3.05, 3.63) is 108 Å². The van der Waals surface area contributed by atoms with E-state index in [1.165, 1.54) is 17.9 Å². The molecule has 0 bridgehead atoms. The van der Waals surface area contributed by atoms with Gasteiger partial charge in [0.25, 0.3) is 5.91 Å². The number of nitrogens with zero attached hydrogens (tertiary/aromatic N) is 2. The van der Waals surface area contributed by atoms with Crippen LogP contribution in [0, 0.1) is 0 Å². The van der Waals surface area contributed by atoms with E-state index in [-0.39, 0.29) is 5.69 Å². The first-order valence-electron chi connectivity index (χ1n) is 10.4. The fourth-order valence-electron chi connectivity index (χ4n) is 3.53. The molecule has 5 aromatic rings. The zero-order chi connectivity index (χ0) is 22.5. The fourth-order valence-corrected chi connectivity index (χ4v) is 3.53. The molecule has 0 saturated carbocycles. The maximum absolute atomic E-state index is 12.4. The summed E-state index contributed by atoms with van der Waals surface area (Å²) in [6.07, 6.45) is 2.95. The van der Waals surface area contributed by atoms with Gasteiger partial charge in [-0.15, -0.1) is 0 Å². The molecule has 0 atom stereocenters. The minimum atomic E-state index is -0.411. The lowest BCUT2D eigenvalue weighted by atomic mass is 10.1. The molecule has 2 N–H and O–H groups in total. The Labute approximate surface area is 189 Å². The van der Waals surface area contributed by atoms with Gasteiger partial charge in [0.15, 0.2) is 0 Å². The van der Waals surface area contributed by atoms with Gasteiger partial charge in [0, 0.05) is 5.56 Å². The van der Waals surface area contributed by atoms with E-state index in [9.17, 15) is 4.79 Å². The predicted octanol–water partition coefficient (Wildman–Crippen LogP) is 5.17. The van der Waals surface area contributed by atoms with Crippen LogP contribution in [-0.4, -0.2) is 22.3 Å². The highest BCUT2D eigenvalue weighted by Crippen LogP contribution is 2.30. The number of hydrazone groups is 1. The number of para-hydroxylation sites is 1. The highest BCUT2D eigenvalue weighted by Gasteiger charge is 2.14. The molecule has 0 aliphatic heterocycles. The van der Waals surface area contributed by atoms with E-state index >= 15 is 0 Å². The lowest BCUT2D eigenvalue weighted by molar-refractivity contribution is 0.0950. The maximum Gasteiger partial charge on any atom is 0.289 e. The first-order valence-corrected chi connectivity index (χ1v) is 10.4. The molecule has 0 saturated heterocycles. The number of benzene rings is 3. The number of fused-ring (bicyclic) bond motifs is 1. The van der Waals surface area contributed by atoms with E-state index < -0.39 is 5.91 Å². The molecule has 1 amide bonds. The van der Waals surface area contributed by atoms with Crippen molar-refractivity contribution in [2.75, 3.05) is 0 Å². The quantitative estimate of drug-likeness (QED) is 0.272. The SMILES string of the molecule is O=C(N/N=C\c1ccco1)c1cc(-c2ccccc2OCc2cccc3ccccc23)n[nH]1. The molecule has 0 radical (unpaired) electrons. The summed E-state index contributed by atoms with van der Waals surface area (Å²) in [5, 5.41) is 13.3. The molecule has 0 unspecified atom stereocenters. The summed E-state index contributed by atoms with van der Waals surface area (Å²) in [4.78, 5) is 12.4. The molecule has 5 rings (SSSR count). The average Bonchev–Trinajstić information content (AvgIpc) is 3.55. The van der Waals surface area contributed by atoms with Gasteiger partial charge in [-0.25, -0.2) is 5.43 Å². The van der Waals surface area contributed by atoms with E-state index in [0.29, 0.717) is 23.8 Å². The minimum absolute atomic E-state index is 0.283. The van der Waals surface area contributed by atoms with Crippen molar-refractivity contribution in [2.24, 2.45) is 5.10 Å². The standard InChI is InChI=1S/C26H20N4O3/c31-26(30-27-16-20-10-6-14-32-20)24-15-23(28-29-24)22-12-3-4-13-25(22)33-17-19-9-5-8-18-7-1-2-11-21(18)19/h1-16H,17H2,(H,28,29)(H,30,31)/b27-16-. The van der Waals surface area contributed by atoms with Crippen LogP contribution in [-0.2, 0) is 6.61 Å². The Balaban J connectivity index is 1.32. The number of nitrogens with one attached hydrogen (secondary N) is 2. The number of furan rings is 1. The number of ether oxygens (including phenoxy) is 1. The fraction of sp³-hybridized carbons (Fsp3) is 0.0385. The Hall–Kier alpha value is -4.65. The van der Waals surface area contributed by atoms with Crippen LogP contribution < -0.4 is 10.2 Å².